The predicted molar refractivity (Wildman–Crippen MR) is 193 cm³/mol. The fourth-order valence-electron chi connectivity index (χ4n) is 6.27. The van der Waals surface area contributed by atoms with E-state index < -0.39 is 0 Å². The summed E-state index contributed by atoms with van der Waals surface area (Å²) in [5.41, 5.74) is 2.80. The molecule has 0 N–H and O–H groups in total. The molecule has 0 aliphatic heterocycles. The van der Waals surface area contributed by atoms with Crippen LogP contribution < -0.4 is 0 Å². The van der Waals surface area contributed by atoms with E-state index in [9.17, 15) is 0 Å². The molecule has 43 heavy (non-hydrogen) atoms. The molecule has 0 fully saturated rings. The summed E-state index contributed by atoms with van der Waals surface area (Å²) in [6.45, 7) is 10.9. The Hall–Kier alpha value is -0.0805. The van der Waals surface area contributed by atoms with E-state index in [1.165, 1.54) is 191 Å². The van der Waals surface area contributed by atoms with Gasteiger partial charge in [-0.1, -0.05) is 104 Å². The third-order valence-electron chi connectivity index (χ3n) is 9.33. The van der Waals surface area contributed by atoms with Crippen molar-refractivity contribution in [2.24, 2.45) is 0 Å². The third kappa shape index (κ3) is 24.8. The zero-order valence-corrected chi connectivity index (χ0v) is 31.5. The summed E-state index contributed by atoms with van der Waals surface area (Å²) in [4.78, 5) is 4.84. The van der Waals surface area contributed by atoms with E-state index in [2.05, 4.69) is 37.6 Å². The van der Waals surface area contributed by atoms with Crippen LogP contribution in [0.25, 0.3) is 0 Å². The Balaban J connectivity index is 1.96. The van der Waals surface area contributed by atoms with Crippen LogP contribution in [-0.4, -0.2) is 27.7 Å². The van der Waals surface area contributed by atoms with Gasteiger partial charge in [0, 0.05) is 0 Å². The van der Waals surface area contributed by atoms with Gasteiger partial charge in [0.25, 0.3) is 0 Å². The molecule has 0 spiro atoms. The molecule has 1 aromatic rings. The van der Waals surface area contributed by atoms with Crippen molar-refractivity contribution in [1.82, 2.24) is 0 Å². The summed E-state index contributed by atoms with van der Waals surface area (Å²) in [6, 6.07) is 0. The molecule has 254 valence electrons. The standard InChI is InChI=1S/C40H76O2Se/c1-5-7-9-11-13-15-17-19-21-23-25-27-29-31-33-41-37(3)39-35-43-36-40(39)38(4)42-34-32-30-28-26-24-22-20-18-16-14-12-10-8-6-2/h35-38H,5-34H2,1-4H3. The van der Waals surface area contributed by atoms with E-state index >= 15 is 0 Å². The molecule has 2 unspecified atom stereocenters. The molecular formula is C40H76O2Se. The van der Waals surface area contributed by atoms with Gasteiger partial charge in [0.2, 0.25) is 0 Å². The van der Waals surface area contributed by atoms with Crippen LogP contribution in [0.5, 0.6) is 0 Å². The first-order valence-electron chi connectivity index (χ1n) is 19.5. The molecule has 0 aliphatic carbocycles. The van der Waals surface area contributed by atoms with Crippen molar-refractivity contribution in [3.05, 3.63) is 21.0 Å². The van der Waals surface area contributed by atoms with E-state index in [0.717, 1.165) is 13.2 Å². The van der Waals surface area contributed by atoms with Crippen molar-refractivity contribution in [3.63, 3.8) is 0 Å². The molecule has 0 saturated heterocycles. The molecule has 1 rings (SSSR count). The molecule has 0 bridgehead atoms. The summed E-state index contributed by atoms with van der Waals surface area (Å²) in [6.07, 6.45) is 39.7. The van der Waals surface area contributed by atoms with Crippen LogP contribution in [0.15, 0.2) is 9.88 Å². The zero-order valence-electron chi connectivity index (χ0n) is 29.7. The maximum absolute atomic E-state index is 6.29. The smallest absolute Gasteiger partial charge is 0.0654 e. The summed E-state index contributed by atoms with van der Waals surface area (Å²) in [5, 5.41) is 0. The van der Waals surface area contributed by atoms with Crippen molar-refractivity contribution < 1.29 is 9.47 Å². The van der Waals surface area contributed by atoms with Crippen molar-refractivity contribution in [2.45, 2.75) is 220 Å². The topological polar surface area (TPSA) is 18.5 Å². The molecule has 0 aliphatic rings. The fourth-order valence-corrected chi connectivity index (χ4v) is 8.40. The normalized spacial score (nSPS) is 13.1. The van der Waals surface area contributed by atoms with Crippen LogP contribution in [0, 0.1) is 0 Å². The summed E-state index contributed by atoms with van der Waals surface area (Å²) in [5.74, 6) is 0. The Morgan fingerprint density at radius 2 is 0.628 bits per heavy atom. The minimum Gasteiger partial charge on any atom is -0.0654 e. The van der Waals surface area contributed by atoms with Gasteiger partial charge in [0.05, 0.1) is 0 Å². The van der Waals surface area contributed by atoms with Crippen molar-refractivity contribution >= 4 is 14.5 Å². The quantitative estimate of drug-likeness (QED) is 0.0538. The summed E-state index contributed by atoms with van der Waals surface area (Å²) < 4.78 is 12.6. The van der Waals surface area contributed by atoms with E-state index in [4.69, 9.17) is 9.47 Å². The van der Waals surface area contributed by atoms with E-state index in [-0.39, 0.29) is 12.2 Å². The van der Waals surface area contributed by atoms with Gasteiger partial charge in [-0.2, -0.15) is 0 Å². The number of rotatable bonds is 34. The van der Waals surface area contributed by atoms with Gasteiger partial charge >= 0.3 is 174 Å². The molecule has 3 heteroatoms. The van der Waals surface area contributed by atoms with E-state index in [1.54, 1.807) is 0 Å². The zero-order chi connectivity index (χ0) is 31.1. The Morgan fingerprint density at radius 3 is 0.884 bits per heavy atom. The monoisotopic (exact) mass is 669 g/mol. The van der Waals surface area contributed by atoms with Gasteiger partial charge in [-0.15, -0.1) is 0 Å². The molecule has 2 nitrogen and oxygen atoms in total. The van der Waals surface area contributed by atoms with E-state index in [0.29, 0.717) is 14.5 Å². The van der Waals surface area contributed by atoms with Gasteiger partial charge in [0.1, 0.15) is 0 Å². The Morgan fingerprint density at radius 1 is 0.395 bits per heavy atom. The van der Waals surface area contributed by atoms with Crippen LogP contribution in [0.1, 0.15) is 231 Å². The van der Waals surface area contributed by atoms with Crippen molar-refractivity contribution in [1.29, 1.82) is 0 Å². The Kier molecular flexibility index (Phi) is 30.4. The molecule has 1 aromatic heterocycles. The van der Waals surface area contributed by atoms with Crippen LogP contribution >= 0.6 is 0 Å². The Bertz CT molecular complexity index is 617. The first-order chi connectivity index (χ1) is 21.2. The molecule has 0 saturated carbocycles. The molecule has 2 atom stereocenters. The van der Waals surface area contributed by atoms with Crippen LogP contribution in [-0.2, 0) is 9.47 Å². The third-order valence-corrected chi connectivity index (χ3v) is 11.0. The number of unbranched alkanes of at least 4 members (excludes halogenated alkanes) is 26. The second-order valence-corrected chi connectivity index (χ2v) is 15.1. The molecule has 0 amide bonds. The molecule has 0 aromatic carbocycles. The van der Waals surface area contributed by atoms with E-state index in [1.807, 2.05) is 0 Å². The number of ether oxygens (including phenoxy) is 2. The minimum absolute atomic E-state index is 0.199. The SMILES string of the molecule is CCCCCCCCCCCCCCCCOC(C)c1c[se]cc1C(C)OCCCCCCCCCCCCCCCC. The first kappa shape index (κ1) is 40.9. The minimum atomic E-state index is 0.199. The Labute approximate surface area is 277 Å². The van der Waals surface area contributed by atoms with Crippen LogP contribution in [0.3, 0.4) is 0 Å². The van der Waals surface area contributed by atoms with Gasteiger partial charge in [0.15, 0.2) is 0 Å². The van der Waals surface area contributed by atoms with Gasteiger partial charge < -0.3 is 0 Å². The predicted octanol–water partition coefficient (Wildman–Crippen LogP) is 13.9. The second kappa shape index (κ2) is 31.9. The maximum atomic E-state index is 6.29. The average Bonchev–Trinajstić information content (AvgIpc) is 3.51. The van der Waals surface area contributed by atoms with Crippen molar-refractivity contribution in [2.75, 3.05) is 13.2 Å². The van der Waals surface area contributed by atoms with Crippen LogP contribution in [0.4, 0.5) is 0 Å². The van der Waals surface area contributed by atoms with Crippen LogP contribution in [0.2, 0.25) is 0 Å². The molecule has 1 heterocycles. The number of hydrogen-bond donors (Lipinski definition) is 0. The second-order valence-electron chi connectivity index (χ2n) is 13.5. The summed E-state index contributed by atoms with van der Waals surface area (Å²) >= 11 is 0.462. The van der Waals surface area contributed by atoms with Gasteiger partial charge in [-0.3, -0.25) is 0 Å². The van der Waals surface area contributed by atoms with Crippen molar-refractivity contribution in [3.8, 4) is 0 Å². The van der Waals surface area contributed by atoms with Gasteiger partial charge in [-0.05, 0) is 0 Å². The summed E-state index contributed by atoms with van der Waals surface area (Å²) in [7, 11) is 0. The van der Waals surface area contributed by atoms with Gasteiger partial charge in [-0.25, -0.2) is 0 Å². The number of hydrogen-bond acceptors (Lipinski definition) is 2. The fraction of sp³-hybridized carbons (Fsp3) is 0.900. The molecular weight excluding hydrogens is 591 g/mol. The molecule has 0 radical (unpaired) electrons. The average molecular weight is 668 g/mol. The first-order valence-corrected chi connectivity index (χ1v) is 21.5.